The monoisotopic (exact) mass is 246 g/mol. The zero-order chi connectivity index (χ0) is 13.3. The number of nitrogens with two attached hydrogens (primary N) is 1. The first-order valence-electron chi connectivity index (χ1n) is 6.98. The number of likely N-dealkylation sites (tertiary alicyclic amines) is 1. The maximum atomic E-state index is 6.08. The van der Waals surface area contributed by atoms with E-state index in [1.165, 1.54) is 11.1 Å². The summed E-state index contributed by atoms with van der Waals surface area (Å²) >= 11 is 0. The molecule has 1 aromatic carbocycles. The maximum absolute atomic E-state index is 6.08. The van der Waals surface area contributed by atoms with E-state index in [1.807, 2.05) is 0 Å². The molecule has 0 aromatic heterocycles. The van der Waals surface area contributed by atoms with Crippen molar-refractivity contribution in [3.63, 3.8) is 0 Å². The van der Waals surface area contributed by atoms with Crippen molar-refractivity contribution in [3.05, 3.63) is 35.4 Å². The van der Waals surface area contributed by atoms with Crippen LogP contribution < -0.4 is 5.73 Å². The molecule has 0 aliphatic carbocycles. The molecule has 1 unspecified atom stereocenters. The first kappa shape index (κ1) is 13.6. The highest BCUT2D eigenvalue weighted by molar-refractivity contribution is 5.25. The molecule has 2 rings (SSSR count). The Hall–Kier alpha value is -0.860. The van der Waals surface area contributed by atoms with E-state index in [4.69, 9.17) is 5.73 Å². The second kappa shape index (κ2) is 5.02. The van der Waals surface area contributed by atoms with Gasteiger partial charge in [0.1, 0.15) is 0 Å². The molecule has 1 saturated heterocycles. The van der Waals surface area contributed by atoms with Crippen LogP contribution in [0.1, 0.15) is 51.2 Å². The Morgan fingerprint density at radius 3 is 2.33 bits per heavy atom. The number of nitrogens with zero attached hydrogens (tertiary/aromatic N) is 1. The second-order valence-electron chi connectivity index (χ2n) is 6.55. The van der Waals surface area contributed by atoms with Crippen LogP contribution in [0.4, 0.5) is 0 Å². The molecule has 0 saturated carbocycles. The van der Waals surface area contributed by atoms with Gasteiger partial charge < -0.3 is 5.73 Å². The SMILES string of the molecule is CC(C)c1ccc(CN2CC(N)CC2(C)C)cc1. The summed E-state index contributed by atoms with van der Waals surface area (Å²) in [4.78, 5) is 2.50. The van der Waals surface area contributed by atoms with Crippen molar-refractivity contribution in [3.8, 4) is 0 Å². The molecule has 0 radical (unpaired) electrons. The van der Waals surface area contributed by atoms with Gasteiger partial charge in [0.25, 0.3) is 0 Å². The lowest BCUT2D eigenvalue weighted by Crippen LogP contribution is -2.37. The molecule has 100 valence electrons. The number of rotatable bonds is 3. The normalized spacial score (nSPS) is 23.8. The quantitative estimate of drug-likeness (QED) is 0.888. The topological polar surface area (TPSA) is 29.3 Å². The Kier molecular flexibility index (Phi) is 3.79. The number of benzene rings is 1. The van der Waals surface area contributed by atoms with Gasteiger partial charge in [-0.2, -0.15) is 0 Å². The summed E-state index contributed by atoms with van der Waals surface area (Å²) in [5.41, 5.74) is 9.11. The van der Waals surface area contributed by atoms with Gasteiger partial charge in [-0.25, -0.2) is 0 Å². The van der Waals surface area contributed by atoms with Gasteiger partial charge in [0.2, 0.25) is 0 Å². The Bertz CT molecular complexity index is 392. The molecule has 1 fully saturated rings. The van der Waals surface area contributed by atoms with Crippen molar-refractivity contribution >= 4 is 0 Å². The molecular formula is C16H26N2. The molecule has 2 heteroatoms. The zero-order valence-electron chi connectivity index (χ0n) is 12.1. The van der Waals surface area contributed by atoms with Crippen molar-refractivity contribution in [2.45, 2.75) is 58.2 Å². The Labute approximate surface area is 111 Å². The smallest absolute Gasteiger partial charge is 0.0239 e. The fraction of sp³-hybridized carbons (Fsp3) is 0.625. The van der Waals surface area contributed by atoms with Crippen LogP contribution in [0.25, 0.3) is 0 Å². The molecule has 0 bridgehead atoms. The minimum absolute atomic E-state index is 0.232. The van der Waals surface area contributed by atoms with Crippen LogP contribution in [0.3, 0.4) is 0 Å². The van der Waals surface area contributed by atoms with Crippen LogP contribution in [0.2, 0.25) is 0 Å². The molecule has 2 N–H and O–H groups in total. The molecule has 1 atom stereocenters. The third kappa shape index (κ3) is 2.93. The van der Waals surface area contributed by atoms with Crippen molar-refractivity contribution in [2.75, 3.05) is 6.54 Å². The van der Waals surface area contributed by atoms with Crippen LogP contribution in [-0.4, -0.2) is 23.0 Å². The summed E-state index contributed by atoms with van der Waals surface area (Å²) in [5.74, 6) is 0.607. The largest absolute Gasteiger partial charge is 0.326 e. The molecule has 18 heavy (non-hydrogen) atoms. The standard InChI is InChI=1S/C16H26N2/c1-12(2)14-7-5-13(6-8-14)10-18-11-15(17)9-16(18,3)4/h5-8,12,15H,9-11,17H2,1-4H3. The predicted octanol–water partition coefficient (Wildman–Crippen LogP) is 3.12. The van der Waals surface area contributed by atoms with Crippen LogP contribution in [0, 0.1) is 0 Å². The van der Waals surface area contributed by atoms with Crippen LogP contribution in [0.5, 0.6) is 0 Å². The van der Waals surface area contributed by atoms with Gasteiger partial charge in [-0.3, -0.25) is 4.90 Å². The number of hydrogen-bond acceptors (Lipinski definition) is 2. The van der Waals surface area contributed by atoms with Gasteiger partial charge in [-0.15, -0.1) is 0 Å². The first-order valence-corrected chi connectivity index (χ1v) is 6.98. The molecule has 0 spiro atoms. The van der Waals surface area contributed by atoms with Gasteiger partial charge in [0.15, 0.2) is 0 Å². The highest BCUT2D eigenvalue weighted by Crippen LogP contribution is 2.29. The van der Waals surface area contributed by atoms with Crippen LogP contribution >= 0.6 is 0 Å². The Morgan fingerprint density at radius 2 is 1.89 bits per heavy atom. The lowest BCUT2D eigenvalue weighted by Gasteiger charge is -2.31. The third-order valence-corrected chi connectivity index (χ3v) is 4.09. The Balaban J connectivity index is 2.05. The lowest BCUT2D eigenvalue weighted by atomic mass is 9.99. The average Bonchev–Trinajstić information content (AvgIpc) is 2.52. The van der Waals surface area contributed by atoms with E-state index in [2.05, 4.69) is 56.9 Å². The van der Waals surface area contributed by atoms with Crippen LogP contribution in [0.15, 0.2) is 24.3 Å². The summed E-state index contributed by atoms with van der Waals surface area (Å²) in [6.07, 6.45) is 1.09. The summed E-state index contributed by atoms with van der Waals surface area (Å²) in [6.45, 7) is 11.1. The second-order valence-corrected chi connectivity index (χ2v) is 6.55. The summed E-state index contributed by atoms with van der Waals surface area (Å²) in [7, 11) is 0. The zero-order valence-corrected chi connectivity index (χ0v) is 12.1. The summed E-state index contributed by atoms with van der Waals surface area (Å²) in [5, 5.41) is 0. The third-order valence-electron chi connectivity index (χ3n) is 4.09. The van der Waals surface area contributed by atoms with Crippen LogP contribution in [-0.2, 0) is 6.54 Å². The molecule has 1 aliphatic rings. The van der Waals surface area contributed by atoms with E-state index in [0.717, 1.165) is 19.5 Å². The lowest BCUT2D eigenvalue weighted by molar-refractivity contribution is 0.166. The minimum Gasteiger partial charge on any atom is -0.326 e. The molecule has 0 amide bonds. The van der Waals surface area contributed by atoms with Crippen molar-refractivity contribution in [1.29, 1.82) is 0 Å². The molecule has 1 aliphatic heterocycles. The maximum Gasteiger partial charge on any atom is 0.0239 e. The van der Waals surface area contributed by atoms with E-state index in [0.29, 0.717) is 12.0 Å². The van der Waals surface area contributed by atoms with E-state index in [9.17, 15) is 0 Å². The fourth-order valence-corrected chi connectivity index (χ4v) is 2.87. The molecule has 1 heterocycles. The first-order chi connectivity index (χ1) is 8.38. The van der Waals surface area contributed by atoms with Crippen molar-refractivity contribution in [2.24, 2.45) is 5.73 Å². The molecule has 2 nitrogen and oxygen atoms in total. The van der Waals surface area contributed by atoms with Gasteiger partial charge in [-0.1, -0.05) is 38.1 Å². The van der Waals surface area contributed by atoms with Crippen molar-refractivity contribution in [1.82, 2.24) is 4.90 Å². The predicted molar refractivity (Wildman–Crippen MR) is 77.6 cm³/mol. The molecule has 1 aromatic rings. The highest BCUT2D eigenvalue weighted by Gasteiger charge is 2.36. The van der Waals surface area contributed by atoms with E-state index in [1.54, 1.807) is 0 Å². The van der Waals surface area contributed by atoms with Gasteiger partial charge in [0, 0.05) is 24.7 Å². The van der Waals surface area contributed by atoms with Gasteiger partial charge in [-0.05, 0) is 37.3 Å². The highest BCUT2D eigenvalue weighted by atomic mass is 15.2. The van der Waals surface area contributed by atoms with Gasteiger partial charge in [0.05, 0.1) is 0 Å². The summed E-state index contributed by atoms with van der Waals surface area (Å²) < 4.78 is 0. The minimum atomic E-state index is 0.232. The molecular weight excluding hydrogens is 220 g/mol. The summed E-state index contributed by atoms with van der Waals surface area (Å²) in [6, 6.07) is 9.35. The van der Waals surface area contributed by atoms with E-state index >= 15 is 0 Å². The van der Waals surface area contributed by atoms with E-state index < -0.39 is 0 Å². The fourth-order valence-electron chi connectivity index (χ4n) is 2.87. The number of hydrogen-bond donors (Lipinski definition) is 1. The Morgan fingerprint density at radius 1 is 1.28 bits per heavy atom. The van der Waals surface area contributed by atoms with E-state index in [-0.39, 0.29) is 5.54 Å². The average molecular weight is 246 g/mol. The van der Waals surface area contributed by atoms with Crippen molar-refractivity contribution < 1.29 is 0 Å². The van der Waals surface area contributed by atoms with Gasteiger partial charge >= 0.3 is 0 Å².